The van der Waals surface area contributed by atoms with Crippen LogP contribution >= 0.6 is 0 Å². The number of urea groups is 1. The maximum Gasteiger partial charge on any atom is 0.319 e. The number of amides is 7. The van der Waals surface area contributed by atoms with Crippen molar-refractivity contribution in [3.05, 3.63) is 65.2 Å². The van der Waals surface area contributed by atoms with Gasteiger partial charge in [-0.25, -0.2) is 4.79 Å². The third-order valence-corrected chi connectivity index (χ3v) is 11.6. The summed E-state index contributed by atoms with van der Waals surface area (Å²) in [4.78, 5) is 104. The van der Waals surface area contributed by atoms with Gasteiger partial charge in [-0.05, 0) is 70.7 Å². The maximum absolute atomic E-state index is 14.7. The summed E-state index contributed by atoms with van der Waals surface area (Å²) in [6.45, 7) is 8.07. The lowest BCUT2D eigenvalue weighted by molar-refractivity contribution is -0.154. The number of aryl methyl sites for hydroxylation is 2. The van der Waals surface area contributed by atoms with E-state index in [0.29, 0.717) is 31.4 Å². The molecule has 2 aromatic carbocycles. The summed E-state index contributed by atoms with van der Waals surface area (Å²) < 4.78 is 6.16. The number of aldehydes is 1. The van der Waals surface area contributed by atoms with Gasteiger partial charge in [0.25, 0.3) is 0 Å². The number of rotatable bonds is 7. The molecule has 16 nitrogen and oxygen atoms in total. The molecule has 0 bridgehead atoms. The van der Waals surface area contributed by atoms with Crippen molar-refractivity contribution in [1.82, 2.24) is 35.6 Å². The average molecular weight is 801 g/mol. The molecule has 0 aromatic heterocycles. The normalized spacial score (nSPS) is 27.9. The number of hydrogen-bond acceptors (Lipinski definition) is 9. The molecule has 4 fully saturated rings. The van der Waals surface area contributed by atoms with Crippen LogP contribution in [0, 0.1) is 19.8 Å². The summed E-state index contributed by atoms with van der Waals surface area (Å²) in [5.41, 5.74) is 1.87. The highest BCUT2D eigenvalue weighted by Crippen LogP contribution is 2.33. The van der Waals surface area contributed by atoms with Crippen LogP contribution in [-0.2, 0) is 39.9 Å². The van der Waals surface area contributed by atoms with E-state index >= 15 is 0 Å². The molecule has 6 rings (SSSR count). The average Bonchev–Trinajstić information content (AvgIpc) is 3.82. The molecule has 7 atom stereocenters. The van der Waals surface area contributed by atoms with Gasteiger partial charge in [0.05, 0.1) is 13.2 Å². The summed E-state index contributed by atoms with van der Waals surface area (Å²) in [7, 11) is 1.85. The number of likely N-dealkylation sites (N-methyl/N-ethyl adjacent to an activating group) is 1. The van der Waals surface area contributed by atoms with Gasteiger partial charge in [0.15, 0.2) is 0 Å². The highest BCUT2D eigenvalue weighted by atomic mass is 16.5. The van der Waals surface area contributed by atoms with E-state index < -0.39 is 71.3 Å². The van der Waals surface area contributed by atoms with Crippen molar-refractivity contribution in [3.63, 3.8) is 0 Å². The molecule has 4 saturated heterocycles. The Kier molecular flexibility index (Phi) is 13.2. The zero-order chi connectivity index (χ0) is 41.7. The fourth-order valence-corrected chi connectivity index (χ4v) is 8.60. The fraction of sp³-hybridized carbons (Fsp3) is 0.548. The Morgan fingerprint density at radius 1 is 0.931 bits per heavy atom. The van der Waals surface area contributed by atoms with Crippen LogP contribution in [0.2, 0.25) is 0 Å². The minimum atomic E-state index is -1.39. The van der Waals surface area contributed by atoms with Gasteiger partial charge in [0, 0.05) is 44.8 Å². The smallest absolute Gasteiger partial charge is 0.319 e. The zero-order valence-corrected chi connectivity index (χ0v) is 34.0. The predicted octanol–water partition coefficient (Wildman–Crippen LogP) is 0.996. The Hall–Kier alpha value is -5.35. The lowest BCUT2D eigenvalue weighted by Crippen LogP contribution is -2.65. The molecule has 7 amide bonds. The SMILES string of the molecule is Cc1ccc(NC(=O)N[C@@H](Cc2cccc(C)c2)C(=O)N[C@H]2COCC3(C=O)C[C@@H](C)CN3C(=O)[C@H](C)NC(=O)[C@@H]3CN(C)CCN3C(=O)[C@@H]3CCCN3C2=O)cc1. The standard InChI is InChI=1S/C42H56N8O8/c1-26-11-13-31(14-12-26)44-41(57)46-32(19-30-9-6-8-27(2)18-30)36(52)45-33-23-58-25-42(24-51)20-28(3)21-50(42)38(54)29(4)43-37(53)35-22-47(5)16-17-49(35)40(56)34-10-7-15-48(34)39(33)55/h6,8-9,11-14,18,24,28-29,32-35H,7,10,15-17,19-23,25H2,1-5H3,(H,43,53)(H,45,52)(H2,44,46,57)/t28-,29+,32+,33+,34+,35+,42?/m1/s1. The summed E-state index contributed by atoms with van der Waals surface area (Å²) in [5, 5.41) is 11.2. The molecule has 0 saturated carbocycles. The molecule has 0 radical (unpaired) electrons. The van der Waals surface area contributed by atoms with E-state index in [0.717, 1.165) is 16.7 Å². The van der Waals surface area contributed by atoms with E-state index in [9.17, 15) is 33.6 Å². The van der Waals surface area contributed by atoms with Crippen molar-refractivity contribution in [3.8, 4) is 0 Å². The van der Waals surface area contributed by atoms with Crippen LogP contribution in [0.5, 0.6) is 0 Å². The molecule has 4 aliphatic heterocycles. The summed E-state index contributed by atoms with van der Waals surface area (Å²) in [6, 6.07) is 8.74. The van der Waals surface area contributed by atoms with Gasteiger partial charge >= 0.3 is 6.03 Å². The monoisotopic (exact) mass is 800 g/mol. The maximum atomic E-state index is 14.7. The van der Waals surface area contributed by atoms with Gasteiger partial charge in [0.1, 0.15) is 42.0 Å². The lowest BCUT2D eigenvalue weighted by atomic mass is 9.95. The zero-order valence-electron chi connectivity index (χ0n) is 34.0. The molecule has 4 aliphatic rings. The van der Waals surface area contributed by atoms with Crippen LogP contribution in [0.3, 0.4) is 0 Å². The van der Waals surface area contributed by atoms with Crippen LogP contribution in [-0.4, -0.2) is 150 Å². The second-order valence-electron chi connectivity index (χ2n) is 16.5. The Balaban J connectivity index is 1.32. The van der Waals surface area contributed by atoms with Crippen LogP contribution in [0.15, 0.2) is 48.5 Å². The first-order valence-electron chi connectivity index (χ1n) is 20.1. The molecule has 4 N–H and O–H groups in total. The first kappa shape index (κ1) is 42.3. The summed E-state index contributed by atoms with van der Waals surface area (Å²) in [6.07, 6.45) is 1.92. The third kappa shape index (κ3) is 9.50. The number of hydrogen-bond donors (Lipinski definition) is 4. The van der Waals surface area contributed by atoms with Crippen LogP contribution in [0.1, 0.15) is 49.8 Å². The number of benzene rings is 2. The fourth-order valence-electron chi connectivity index (χ4n) is 8.60. The molecule has 2 aromatic rings. The molecular weight excluding hydrogens is 745 g/mol. The molecular formula is C42H56N8O8. The van der Waals surface area contributed by atoms with Gasteiger partial charge in [-0.15, -0.1) is 0 Å². The van der Waals surface area contributed by atoms with Crippen molar-refractivity contribution < 1.29 is 38.3 Å². The highest BCUT2D eigenvalue weighted by molar-refractivity contribution is 5.98. The quantitative estimate of drug-likeness (QED) is 0.296. The lowest BCUT2D eigenvalue weighted by Gasteiger charge is -2.42. The second kappa shape index (κ2) is 18.1. The first-order chi connectivity index (χ1) is 27.7. The third-order valence-electron chi connectivity index (χ3n) is 11.6. The van der Waals surface area contributed by atoms with E-state index in [1.807, 2.05) is 69.1 Å². The highest BCUT2D eigenvalue weighted by Gasteiger charge is 2.50. The Morgan fingerprint density at radius 2 is 1.67 bits per heavy atom. The number of anilines is 1. The van der Waals surface area contributed by atoms with Gasteiger partial charge in [-0.2, -0.15) is 0 Å². The van der Waals surface area contributed by atoms with Gasteiger partial charge in [0.2, 0.25) is 29.5 Å². The number of nitrogens with zero attached hydrogens (tertiary/aromatic N) is 4. The molecule has 0 aliphatic carbocycles. The molecule has 0 spiro atoms. The van der Waals surface area contributed by atoms with Crippen molar-refractivity contribution in [2.75, 3.05) is 58.3 Å². The van der Waals surface area contributed by atoms with Crippen LogP contribution in [0.4, 0.5) is 10.5 Å². The Bertz CT molecular complexity index is 1890. The number of carbonyl (C=O) groups excluding carboxylic acids is 7. The van der Waals surface area contributed by atoms with E-state index in [1.165, 1.54) is 14.7 Å². The number of piperazine rings is 1. The topological polar surface area (TPSA) is 190 Å². The minimum absolute atomic E-state index is 0.0788. The van der Waals surface area contributed by atoms with Crippen LogP contribution < -0.4 is 21.3 Å². The number of ether oxygens (including phenoxy) is 1. The van der Waals surface area contributed by atoms with Crippen molar-refractivity contribution in [1.29, 1.82) is 0 Å². The van der Waals surface area contributed by atoms with E-state index in [-0.39, 0.29) is 58.2 Å². The van der Waals surface area contributed by atoms with Crippen molar-refractivity contribution >= 4 is 47.5 Å². The van der Waals surface area contributed by atoms with E-state index in [4.69, 9.17) is 4.74 Å². The summed E-state index contributed by atoms with van der Waals surface area (Å²) in [5.74, 6) is -2.69. The molecule has 1 unspecified atom stereocenters. The molecule has 58 heavy (non-hydrogen) atoms. The summed E-state index contributed by atoms with van der Waals surface area (Å²) >= 11 is 0. The molecule has 4 heterocycles. The van der Waals surface area contributed by atoms with Crippen molar-refractivity contribution in [2.24, 2.45) is 5.92 Å². The van der Waals surface area contributed by atoms with Gasteiger partial charge < -0.3 is 50.4 Å². The van der Waals surface area contributed by atoms with Gasteiger partial charge in [-0.1, -0.05) is 54.4 Å². The van der Waals surface area contributed by atoms with E-state index in [2.05, 4.69) is 21.3 Å². The Labute approximate surface area is 339 Å². The van der Waals surface area contributed by atoms with Gasteiger partial charge in [-0.3, -0.25) is 24.0 Å². The largest absolute Gasteiger partial charge is 0.376 e. The van der Waals surface area contributed by atoms with Crippen LogP contribution in [0.25, 0.3) is 0 Å². The minimum Gasteiger partial charge on any atom is -0.376 e. The van der Waals surface area contributed by atoms with E-state index in [1.54, 1.807) is 19.1 Å². The molecule has 312 valence electrons. The second-order valence-corrected chi connectivity index (χ2v) is 16.5. The van der Waals surface area contributed by atoms with Crippen molar-refractivity contribution in [2.45, 2.75) is 89.1 Å². The number of fused-ring (bicyclic) bond motifs is 3. The molecule has 16 heteroatoms. The predicted molar refractivity (Wildman–Crippen MR) is 214 cm³/mol. The number of nitrogens with one attached hydrogen (secondary N) is 4. The first-order valence-corrected chi connectivity index (χ1v) is 20.1. The Morgan fingerprint density at radius 3 is 2.40 bits per heavy atom. The number of carbonyl (C=O) groups is 7.